The Kier molecular flexibility index (Phi) is 3.79. The van der Waals surface area contributed by atoms with Crippen LogP contribution in [0.15, 0.2) is 24.3 Å². The van der Waals surface area contributed by atoms with E-state index in [2.05, 4.69) is 18.1 Å². The highest BCUT2D eigenvalue weighted by Gasteiger charge is 2.04. The van der Waals surface area contributed by atoms with Crippen LogP contribution in [0.4, 0.5) is 0 Å². The zero-order chi connectivity index (χ0) is 9.68. The van der Waals surface area contributed by atoms with Crippen molar-refractivity contribution in [1.29, 1.82) is 0 Å². The molecule has 3 nitrogen and oxygen atoms in total. The molecule has 1 aromatic carbocycles. The van der Waals surface area contributed by atoms with Gasteiger partial charge in [0.25, 0.3) is 0 Å². The fourth-order valence-electron chi connectivity index (χ4n) is 1.11. The molecule has 0 radical (unpaired) electrons. The SMILES string of the molecule is NNC(=O)Cc1ccccc1CS. The van der Waals surface area contributed by atoms with Crippen molar-refractivity contribution >= 4 is 18.5 Å². The number of hydrogen-bond acceptors (Lipinski definition) is 3. The number of hydrogen-bond donors (Lipinski definition) is 3. The molecule has 0 aliphatic heterocycles. The number of benzene rings is 1. The summed E-state index contributed by atoms with van der Waals surface area (Å²) >= 11 is 4.17. The Morgan fingerprint density at radius 3 is 2.54 bits per heavy atom. The van der Waals surface area contributed by atoms with Crippen molar-refractivity contribution in [2.45, 2.75) is 12.2 Å². The molecule has 0 aliphatic rings. The first kappa shape index (κ1) is 10.1. The van der Waals surface area contributed by atoms with E-state index in [4.69, 9.17) is 5.84 Å². The summed E-state index contributed by atoms with van der Waals surface area (Å²) in [4.78, 5) is 11.0. The van der Waals surface area contributed by atoms with Gasteiger partial charge in [-0.15, -0.1) is 0 Å². The summed E-state index contributed by atoms with van der Waals surface area (Å²) in [5.74, 6) is 5.44. The molecule has 13 heavy (non-hydrogen) atoms. The summed E-state index contributed by atoms with van der Waals surface area (Å²) < 4.78 is 0. The maximum Gasteiger partial charge on any atom is 0.238 e. The van der Waals surface area contributed by atoms with Crippen molar-refractivity contribution in [1.82, 2.24) is 5.43 Å². The standard InChI is InChI=1S/C9H12N2OS/c10-11-9(12)5-7-3-1-2-4-8(7)6-13/h1-4,13H,5-6,10H2,(H,11,12). The molecule has 0 atom stereocenters. The average molecular weight is 196 g/mol. The van der Waals surface area contributed by atoms with Crippen LogP contribution in [0.3, 0.4) is 0 Å². The van der Waals surface area contributed by atoms with Gasteiger partial charge < -0.3 is 0 Å². The van der Waals surface area contributed by atoms with Crippen molar-refractivity contribution in [3.63, 3.8) is 0 Å². The van der Waals surface area contributed by atoms with E-state index >= 15 is 0 Å². The lowest BCUT2D eigenvalue weighted by molar-refractivity contribution is -0.120. The molecular weight excluding hydrogens is 184 g/mol. The van der Waals surface area contributed by atoms with Gasteiger partial charge in [0.1, 0.15) is 0 Å². The van der Waals surface area contributed by atoms with Crippen LogP contribution in [-0.4, -0.2) is 5.91 Å². The van der Waals surface area contributed by atoms with Crippen molar-refractivity contribution in [3.05, 3.63) is 35.4 Å². The van der Waals surface area contributed by atoms with Crippen LogP contribution >= 0.6 is 12.6 Å². The number of thiol groups is 1. The Hall–Kier alpha value is -1.00. The molecule has 3 N–H and O–H groups in total. The van der Waals surface area contributed by atoms with E-state index in [1.54, 1.807) is 0 Å². The van der Waals surface area contributed by atoms with Gasteiger partial charge >= 0.3 is 0 Å². The van der Waals surface area contributed by atoms with E-state index in [1.807, 2.05) is 24.3 Å². The third kappa shape index (κ3) is 2.75. The zero-order valence-corrected chi connectivity index (χ0v) is 8.05. The summed E-state index contributed by atoms with van der Waals surface area (Å²) in [6.07, 6.45) is 0.313. The van der Waals surface area contributed by atoms with Gasteiger partial charge in [-0.25, -0.2) is 5.84 Å². The van der Waals surface area contributed by atoms with Gasteiger partial charge in [-0.3, -0.25) is 10.2 Å². The molecule has 0 aliphatic carbocycles. The van der Waals surface area contributed by atoms with Crippen LogP contribution in [0.25, 0.3) is 0 Å². The monoisotopic (exact) mass is 196 g/mol. The second-order valence-corrected chi connectivity index (χ2v) is 2.99. The highest BCUT2D eigenvalue weighted by Crippen LogP contribution is 2.11. The van der Waals surface area contributed by atoms with Crippen molar-refractivity contribution in [3.8, 4) is 0 Å². The van der Waals surface area contributed by atoms with E-state index < -0.39 is 0 Å². The van der Waals surface area contributed by atoms with E-state index in [1.165, 1.54) is 0 Å². The predicted molar refractivity (Wildman–Crippen MR) is 55.2 cm³/mol. The third-order valence-corrected chi connectivity index (χ3v) is 2.14. The molecule has 70 valence electrons. The van der Waals surface area contributed by atoms with Gasteiger partial charge in [0.15, 0.2) is 0 Å². The van der Waals surface area contributed by atoms with E-state index in [9.17, 15) is 4.79 Å². The summed E-state index contributed by atoms with van der Waals surface area (Å²) in [6, 6.07) is 7.67. The molecular formula is C9H12N2OS. The molecule has 0 saturated carbocycles. The minimum atomic E-state index is -0.186. The Morgan fingerprint density at radius 2 is 2.00 bits per heavy atom. The molecule has 4 heteroatoms. The Morgan fingerprint density at radius 1 is 1.38 bits per heavy atom. The van der Waals surface area contributed by atoms with Gasteiger partial charge in [-0.2, -0.15) is 12.6 Å². The number of amides is 1. The van der Waals surface area contributed by atoms with Gasteiger partial charge in [-0.05, 0) is 11.1 Å². The lowest BCUT2D eigenvalue weighted by Gasteiger charge is -2.05. The smallest absolute Gasteiger partial charge is 0.238 e. The summed E-state index contributed by atoms with van der Waals surface area (Å²) in [7, 11) is 0. The number of carbonyl (C=O) groups excluding carboxylic acids is 1. The Labute approximate surface area is 82.7 Å². The minimum Gasteiger partial charge on any atom is -0.294 e. The van der Waals surface area contributed by atoms with Crippen LogP contribution < -0.4 is 11.3 Å². The van der Waals surface area contributed by atoms with E-state index in [-0.39, 0.29) is 5.91 Å². The van der Waals surface area contributed by atoms with E-state index in [0.29, 0.717) is 12.2 Å². The molecule has 0 saturated heterocycles. The number of nitrogens with one attached hydrogen (secondary N) is 1. The quantitative estimate of drug-likeness (QED) is 0.288. The fraction of sp³-hybridized carbons (Fsp3) is 0.222. The lowest BCUT2D eigenvalue weighted by Crippen LogP contribution is -2.31. The second-order valence-electron chi connectivity index (χ2n) is 2.67. The number of carbonyl (C=O) groups is 1. The molecule has 0 fully saturated rings. The number of rotatable bonds is 3. The highest BCUT2D eigenvalue weighted by atomic mass is 32.1. The van der Waals surface area contributed by atoms with Crippen molar-refractivity contribution in [2.24, 2.45) is 5.84 Å². The summed E-state index contributed by atoms with van der Waals surface area (Å²) in [5, 5.41) is 0. The largest absolute Gasteiger partial charge is 0.294 e. The number of nitrogens with two attached hydrogens (primary N) is 1. The fourth-order valence-corrected chi connectivity index (χ4v) is 1.42. The summed E-state index contributed by atoms with van der Waals surface area (Å²) in [6.45, 7) is 0. The van der Waals surface area contributed by atoms with Crippen molar-refractivity contribution < 1.29 is 4.79 Å². The maximum absolute atomic E-state index is 11.0. The van der Waals surface area contributed by atoms with Crippen molar-refractivity contribution in [2.75, 3.05) is 0 Å². The first-order valence-electron chi connectivity index (χ1n) is 3.95. The zero-order valence-electron chi connectivity index (χ0n) is 7.16. The third-order valence-electron chi connectivity index (χ3n) is 1.80. The topological polar surface area (TPSA) is 55.1 Å². The highest BCUT2D eigenvalue weighted by molar-refractivity contribution is 7.79. The molecule has 0 spiro atoms. The van der Waals surface area contributed by atoms with Crippen LogP contribution in [0.5, 0.6) is 0 Å². The average Bonchev–Trinajstić information content (AvgIpc) is 2.18. The molecule has 0 bridgehead atoms. The molecule has 0 aromatic heterocycles. The lowest BCUT2D eigenvalue weighted by atomic mass is 10.1. The first-order chi connectivity index (χ1) is 6.27. The Bertz CT molecular complexity index is 301. The number of hydrazine groups is 1. The van der Waals surface area contributed by atoms with Crippen LogP contribution in [0.1, 0.15) is 11.1 Å². The molecule has 0 unspecified atom stereocenters. The summed E-state index contributed by atoms with van der Waals surface area (Å²) in [5.41, 5.74) is 4.14. The second kappa shape index (κ2) is 4.89. The minimum absolute atomic E-state index is 0.186. The van der Waals surface area contributed by atoms with Crippen LogP contribution in [0.2, 0.25) is 0 Å². The van der Waals surface area contributed by atoms with Crippen LogP contribution in [-0.2, 0) is 17.0 Å². The van der Waals surface area contributed by atoms with Gasteiger partial charge in [-0.1, -0.05) is 24.3 Å². The normalized spacial score (nSPS) is 9.69. The molecule has 1 amide bonds. The predicted octanol–water partition coefficient (Wildman–Crippen LogP) is 0.649. The van der Waals surface area contributed by atoms with Gasteiger partial charge in [0.05, 0.1) is 6.42 Å². The molecule has 1 rings (SSSR count). The Balaban J connectivity index is 2.81. The maximum atomic E-state index is 11.0. The molecule has 1 aromatic rings. The van der Waals surface area contributed by atoms with E-state index in [0.717, 1.165) is 11.1 Å². The van der Waals surface area contributed by atoms with Crippen LogP contribution in [0, 0.1) is 0 Å². The van der Waals surface area contributed by atoms with Gasteiger partial charge in [0, 0.05) is 5.75 Å². The van der Waals surface area contributed by atoms with Gasteiger partial charge in [0.2, 0.25) is 5.91 Å². The first-order valence-corrected chi connectivity index (χ1v) is 4.58. The molecule has 0 heterocycles.